The molecule has 0 spiro atoms. The van der Waals surface area contributed by atoms with E-state index in [1.54, 1.807) is 0 Å². The fourth-order valence-corrected chi connectivity index (χ4v) is 2.33. The van der Waals surface area contributed by atoms with E-state index >= 15 is 0 Å². The van der Waals surface area contributed by atoms with Gasteiger partial charge in [-0.1, -0.05) is 54.1 Å². The predicted molar refractivity (Wildman–Crippen MR) is 79.8 cm³/mol. The summed E-state index contributed by atoms with van der Waals surface area (Å²) in [6.07, 6.45) is 2.20. The topological polar surface area (TPSA) is 0 Å². The minimum absolute atomic E-state index is 1.30. The molecule has 2 aromatic carbocycles. The van der Waals surface area contributed by atoms with E-state index in [-0.39, 0.29) is 0 Å². The first-order valence-corrected chi connectivity index (χ1v) is 6.43. The Morgan fingerprint density at radius 2 is 1.67 bits per heavy atom. The molecule has 0 nitrogen and oxygen atoms in total. The van der Waals surface area contributed by atoms with Crippen LogP contribution in [0.1, 0.15) is 34.7 Å². The summed E-state index contributed by atoms with van der Waals surface area (Å²) in [5.41, 5.74) is 7.97. The Kier molecular flexibility index (Phi) is 3.66. The maximum absolute atomic E-state index is 2.25. The molecule has 0 heteroatoms. The van der Waals surface area contributed by atoms with Crippen LogP contribution in [-0.4, -0.2) is 0 Å². The van der Waals surface area contributed by atoms with Crippen LogP contribution in [0.15, 0.2) is 48.5 Å². The van der Waals surface area contributed by atoms with Crippen LogP contribution >= 0.6 is 0 Å². The van der Waals surface area contributed by atoms with E-state index in [1.807, 2.05) is 0 Å². The van der Waals surface area contributed by atoms with Crippen molar-refractivity contribution in [3.05, 3.63) is 76.4 Å². The first-order chi connectivity index (χ1) is 8.63. The molecular formula is C18H20. The maximum Gasteiger partial charge on any atom is -0.0149 e. The Morgan fingerprint density at radius 1 is 0.944 bits per heavy atom. The number of benzene rings is 2. The van der Waals surface area contributed by atoms with Gasteiger partial charge in [-0.3, -0.25) is 0 Å². The van der Waals surface area contributed by atoms with Crippen LogP contribution in [-0.2, 0) is 0 Å². The molecule has 0 unspecified atom stereocenters. The maximum atomic E-state index is 2.25. The van der Waals surface area contributed by atoms with Crippen molar-refractivity contribution < 1.29 is 0 Å². The molecule has 0 radical (unpaired) electrons. The average molecular weight is 236 g/mol. The lowest BCUT2D eigenvalue weighted by molar-refractivity contribution is 1.31. The van der Waals surface area contributed by atoms with Crippen molar-refractivity contribution in [3.8, 4) is 0 Å². The second-order valence-corrected chi connectivity index (χ2v) is 4.82. The lowest BCUT2D eigenvalue weighted by atomic mass is 9.91. The molecule has 0 aliphatic rings. The molecule has 0 saturated carbocycles. The minimum Gasteiger partial charge on any atom is -0.0792 e. The molecule has 92 valence electrons. The van der Waals surface area contributed by atoms with Crippen molar-refractivity contribution >= 4 is 5.57 Å². The van der Waals surface area contributed by atoms with E-state index in [9.17, 15) is 0 Å². The zero-order valence-corrected chi connectivity index (χ0v) is 11.6. The van der Waals surface area contributed by atoms with Crippen LogP contribution in [0.5, 0.6) is 0 Å². The van der Waals surface area contributed by atoms with Gasteiger partial charge in [-0.15, -0.1) is 0 Å². The lowest BCUT2D eigenvalue weighted by Crippen LogP contribution is -1.94. The molecule has 2 rings (SSSR count). The molecule has 0 heterocycles. The molecule has 0 aliphatic heterocycles. The molecule has 0 bridgehead atoms. The van der Waals surface area contributed by atoms with Crippen LogP contribution in [0.4, 0.5) is 0 Å². The third kappa shape index (κ3) is 2.38. The summed E-state index contributed by atoms with van der Waals surface area (Å²) in [7, 11) is 0. The Bertz CT molecular complexity index is 589. The predicted octanol–water partition coefficient (Wildman–Crippen LogP) is 5.06. The van der Waals surface area contributed by atoms with Gasteiger partial charge in [0, 0.05) is 0 Å². The quantitative estimate of drug-likeness (QED) is 0.683. The van der Waals surface area contributed by atoms with Crippen molar-refractivity contribution in [2.45, 2.75) is 27.7 Å². The Labute approximate surface area is 110 Å². The van der Waals surface area contributed by atoms with Crippen LogP contribution in [0.2, 0.25) is 0 Å². The third-order valence-corrected chi connectivity index (χ3v) is 3.51. The normalized spacial score (nSPS) is 11.7. The number of allylic oxidation sites excluding steroid dienone is 1. The SMILES string of the molecule is CC=C(c1cccc(C)c1)c1cccc(C)c1C. The number of hydrogen-bond acceptors (Lipinski definition) is 0. The standard InChI is InChI=1S/C18H20/c1-5-17(16-10-6-8-13(2)12-16)18-11-7-9-14(3)15(18)4/h5-12H,1-4H3. The summed E-state index contributed by atoms with van der Waals surface area (Å²) in [6, 6.07) is 15.2. The van der Waals surface area contributed by atoms with Crippen molar-refractivity contribution in [1.82, 2.24) is 0 Å². The fraction of sp³-hybridized carbons (Fsp3) is 0.222. The summed E-state index contributed by atoms with van der Waals surface area (Å²) in [6.45, 7) is 8.62. The van der Waals surface area contributed by atoms with E-state index in [1.165, 1.54) is 33.4 Å². The van der Waals surface area contributed by atoms with E-state index in [4.69, 9.17) is 0 Å². The highest BCUT2D eigenvalue weighted by Crippen LogP contribution is 2.27. The number of rotatable bonds is 2. The lowest BCUT2D eigenvalue weighted by Gasteiger charge is -2.13. The van der Waals surface area contributed by atoms with Crippen molar-refractivity contribution in [2.75, 3.05) is 0 Å². The molecule has 0 N–H and O–H groups in total. The summed E-state index contributed by atoms with van der Waals surface area (Å²) >= 11 is 0. The second kappa shape index (κ2) is 5.22. The molecule has 0 atom stereocenters. The second-order valence-electron chi connectivity index (χ2n) is 4.82. The van der Waals surface area contributed by atoms with E-state index < -0.39 is 0 Å². The van der Waals surface area contributed by atoms with Crippen molar-refractivity contribution in [1.29, 1.82) is 0 Å². The van der Waals surface area contributed by atoms with Crippen LogP contribution in [0.3, 0.4) is 0 Å². The Morgan fingerprint density at radius 3 is 2.33 bits per heavy atom. The number of hydrogen-bond donors (Lipinski definition) is 0. The highest BCUT2D eigenvalue weighted by molar-refractivity contribution is 5.81. The summed E-state index contributed by atoms with van der Waals surface area (Å²) in [5, 5.41) is 0. The zero-order chi connectivity index (χ0) is 13.1. The fourth-order valence-electron chi connectivity index (χ4n) is 2.33. The smallest absolute Gasteiger partial charge is 0.0149 e. The van der Waals surface area contributed by atoms with Crippen LogP contribution in [0, 0.1) is 20.8 Å². The van der Waals surface area contributed by atoms with Crippen molar-refractivity contribution in [2.24, 2.45) is 0 Å². The van der Waals surface area contributed by atoms with Gasteiger partial charge in [0.05, 0.1) is 0 Å². The zero-order valence-electron chi connectivity index (χ0n) is 11.6. The molecule has 0 aromatic heterocycles. The Balaban J connectivity index is 2.57. The first-order valence-electron chi connectivity index (χ1n) is 6.43. The van der Waals surface area contributed by atoms with Gasteiger partial charge in [0.2, 0.25) is 0 Å². The largest absolute Gasteiger partial charge is 0.0792 e. The first kappa shape index (κ1) is 12.6. The minimum atomic E-state index is 1.30. The van der Waals surface area contributed by atoms with Gasteiger partial charge in [0.1, 0.15) is 0 Å². The van der Waals surface area contributed by atoms with Gasteiger partial charge in [-0.25, -0.2) is 0 Å². The summed E-state index contributed by atoms with van der Waals surface area (Å²) < 4.78 is 0. The summed E-state index contributed by atoms with van der Waals surface area (Å²) in [5.74, 6) is 0. The summed E-state index contributed by atoms with van der Waals surface area (Å²) in [4.78, 5) is 0. The number of aryl methyl sites for hydroxylation is 2. The molecule has 0 fully saturated rings. The molecular weight excluding hydrogens is 216 g/mol. The monoisotopic (exact) mass is 236 g/mol. The highest BCUT2D eigenvalue weighted by atomic mass is 14.1. The molecule has 18 heavy (non-hydrogen) atoms. The average Bonchev–Trinajstić information content (AvgIpc) is 2.35. The van der Waals surface area contributed by atoms with Gasteiger partial charge >= 0.3 is 0 Å². The van der Waals surface area contributed by atoms with E-state index in [0.717, 1.165) is 0 Å². The van der Waals surface area contributed by atoms with E-state index in [2.05, 4.69) is 76.2 Å². The molecule has 0 saturated heterocycles. The van der Waals surface area contributed by atoms with Gasteiger partial charge < -0.3 is 0 Å². The van der Waals surface area contributed by atoms with E-state index in [0.29, 0.717) is 0 Å². The molecule has 2 aromatic rings. The van der Waals surface area contributed by atoms with Gasteiger partial charge in [0.25, 0.3) is 0 Å². The van der Waals surface area contributed by atoms with Gasteiger partial charge in [0.15, 0.2) is 0 Å². The Hall–Kier alpha value is -1.82. The molecule has 0 amide bonds. The van der Waals surface area contributed by atoms with Gasteiger partial charge in [-0.2, -0.15) is 0 Å². The third-order valence-electron chi connectivity index (χ3n) is 3.51. The van der Waals surface area contributed by atoms with Crippen LogP contribution in [0.25, 0.3) is 5.57 Å². The highest BCUT2D eigenvalue weighted by Gasteiger charge is 2.08. The van der Waals surface area contributed by atoms with Crippen LogP contribution < -0.4 is 0 Å². The van der Waals surface area contributed by atoms with Gasteiger partial charge in [-0.05, 0) is 55.5 Å². The van der Waals surface area contributed by atoms with Crippen molar-refractivity contribution in [3.63, 3.8) is 0 Å². The molecule has 0 aliphatic carbocycles.